The number of amides is 3. The highest BCUT2D eigenvalue weighted by Gasteiger charge is 2.20. The third kappa shape index (κ3) is 25.9. The van der Waals surface area contributed by atoms with E-state index in [1.165, 1.54) is 46.1 Å². The number of anilines is 9. The summed E-state index contributed by atoms with van der Waals surface area (Å²) < 4.78 is 13.3. The molecule has 0 unspecified atom stereocenters. The molecule has 2 aromatic heterocycles. The van der Waals surface area contributed by atoms with Crippen molar-refractivity contribution in [3.63, 3.8) is 0 Å². The van der Waals surface area contributed by atoms with E-state index in [0.29, 0.717) is 72.1 Å². The number of nitro benzene ring substituents is 2. The summed E-state index contributed by atoms with van der Waals surface area (Å²) in [4.78, 5) is 102. The second-order valence-corrected chi connectivity index (χ2v) is 26.2. The number of aromatic carboxylic acids is 1. The number of aromatic nitrogens is 4. The summed E-state index contributed by atoms with van der Waals surface area (Å²) in [5.41, 5.74) is 28.3. The number of carbonyl (C=O) groups is 4. The average molecular weight is 1490 g/mol. The molecule has 3 heterocycles. The van der Waals surface area contributed by atoms with Gasteiger partial charge in [-0.15, -0.1) is 0 Å². The molecule has 0 spiro atoms. The van der Waals surface area contributed by atoms with Crippen molar-refractivity contribution in [1.82, 2.24) is 29.3 Å². The van der Waals surface area contributed by atoms with Crippen LogP contribution in [-0.2, 0) is 28.4 Å². The number of carboxylic acid groups (broad SMARTS) is 1. The number of hydrogen-bond acceptors (Lipinski definition) is 21. The zero-order valence-corrected chi connectivity index (χ0v) is 62.3. The van der Waals surface area contributed by atoms with Gasteiger partial charge in [0.2, 0.25) is 6.41 Å². The molecule has 12 N–H and O–H groups in total. The van der Waals surface area contributed by atoms with Crippen molar-refractivity contribution < 1.29 is 43.6 Å². The fourth-order valence-corrected chi connectivity index (χ4v) is 9.37. The number of halogens is 2. The Hall–Kier alpha value is -12.9. The van der Waals surface area contributed by atoms with Crippen LogP contribution in [-0.4, -0.2) is 95.2 Å². The van der Waals surface area contributed by atoms with Gasteiger partial charge in [-0.1, -0.05) is 54.0 Å². The lowest BCUT2D eigenvalue weighted by molar-refractivity contribution is -0.385. The van der Waals surface area contributed by atoms with Gasteiger partial charge in [-0.3, -0.25) is 45.2 Å². The average Bonchev–Trinajstić information content (AvgIpc) is 0.801. The fraction of sp³-hybridized carbons (Fsp3) is 0.213. The van der Waals surface area contributed by atoms with Crippen LogP contribution in [0.3, 0.4) is 0 Å². The molecule has 1 aliphatic rings. The maximum Gasteiger partial charge on any atom is 0.412 e. The van der Waals surface area contributed by atoms with Crippen LogP contribution in [0.15, 0.2) is 179 Å². The summed E-state index contributed by atoms with van der Waals surface area (Å²) in [5.74, 6) is -1.06. The van der Waals surface area contributed by atoms with Crippen LogP contribution in [0.5, 0.6) is 0 Å². The Labute approximate surface area is 621 Å². The number of ether oxygens (including phenoxy) is 2. The number of hydrogen-bond donors (Lipinski definition) is 9. The van der Waals surface area contributed by atoms with Crippen molar-refractivity contribution in [2.75, 3.05) is 52.6 Å². The molecule has 0 saturated heterocycles. The molecule has 0 aliphatic carbocycles. The Morgan fingerprint density at radius 1 is 0.575 bits per heavy atom. The van der Waals surface area contributed by atoms with Crippen LogP contribution in [0.4, 0.5) is 77.8 Å². The number of nitrogen functional groups attached to an aromatic ring is 3. The van der Waals surface area contributed by atoms with Crippen LogP contribution in [0.25, 0.3) is 27.5 Å². The molecule has 0 bridgehead atoms. The Morgan fingerprint density at radius 3 is 1.44 bits per heavy atom. The second kappa shape index (κ2) is 37.9. The number of nitro groups is 2. The van der Waals surface area contributed by atoms with Crippen molar-refractivity contribution in [3.8, 4) is 0 Å². The zero-order chi connectivity index (χ0) is 79.1. The van der Waals surface area contributed by atoms with Gasteiger partial charge in [0.25, 0.3) is 22.5 Å². The Kier molecular flexibility index (Phi) is 29.9. The fourth-order valence-electron chi connectivity index (χ4n) is 9.02. The number of nitrogens with one attached hydrogen (secondary N) is 5. The Bertz CT molecular complexity index is 4990. The van der Waals surface area contributed by atoms with Crippen molar-refractivity contribution in [3.05, 3.63) is 249 Å². The third-order valence-electron chi connectivity index (χ3n) is 14.4. The molecule has 3 amide bonds. The minimum absolute atomic E-state index is 0.0384. The lowest BCUT2D eigenvalue weighted by Crippen LogP contribution is -2.27. The number of carboxylic acids is 1. The minimum atomic E-state index is -1.06. The number of fused-ring (bicyclic) bond motifs is 3. The highest BCUT2D eigenvalue weighted by Crippen LogP contribution is 2.33. The van der Waals surface area contributed by atoms with Gasteiger partial charge in [0, 0.05) is 118 Å². The summed E-state index contributed by atoms with van der Waals surface area (Å²) >= 11 is 11.4. The molecule has 8 aromatic carbocycles. The first-order chi connectivity index (χ1) is 49.7. The van der Waals surface area contributed by atoms with Gasteiger partial charge in [0.1, 0.15) is 11.2 Å². The number of aryl methyl sites for hydroxylation is 6. The van der Waals surface area contributed by atoms with Gasteiger partial charge in [0.15, 0.2) is 0 Å². The number of nitrogens with zero attached hydrogens (tertiary/aromatic N) is 8. The zero-order valence-electron chi connectivity index (χ0n) is 60.8. The quantitative estimate of drug-likeness (QED) is 0.0266. The van der Waals surface area contributed by atoms with Gasteiger partial charge >= 0.3 is 18.2 Å². The predicted molar refractivity (Wildman–Crippen MR) is 421 cm³/mol. The van der Waals surface area contributed by atoms with Gasteiger partial charge in [-0.25, -0.2) is 29.3 Å². The SMILES string of the molecule is C=C1c2cc(Cl)ccc2N=CN1C.CNC=O.Cc1ccc(N)cc1Nc1ccc2ncn(C)c(=O)c2c1.Cc1ccc(N)cc1[N+](=O)[O-].Cc1ccc(NC(=O)OC(C)(C)C)cc1Nc1ccc2ncn(C)c(=O)c2c1.Cc1ccc(NC(=O)OC(C)(C)C)cc1[N+](=O)[O-].Nc1ccc(Cl)cc1C(=O)O. The summed E-state index contributed by atoms with van der Waals surface area (Å²) in [7, 11) is 6.84. The normalized spacial score (nSPS) is 10.9. The highest BCUT2D eigenvalue weighted by molar-refractivity contribution is 6.31. The van der Waals surface area contributed by atoms with Crippen LogP contribution in [0, 0.1) is 47.9 Å². The first-order valence-electron chi connectivity index (χ1n) is 32.0. The molecular formula is C75H84Cl2N16O13. The van der Waals surface area contributed by atoms with Gasteiger partial charge in [0.05, 0.1) is 67.6 Å². The molecule has 556 valence electrons. The van der Waals surface area contributed by atoms with Crippen LogP contribution in [0.1, 0.15) is 79.7 Å². The molecule has 0 saturated carbocycles. The van der Waals surface area contributed by atoms with Gasteiger partial charge in [-0.2, -0.15) is 0 Å². The molecule has 0 radical (unpaired) electrons. The molecule has 0 fully saturated rings. The van der Waals surface area contributed by atoms with E-state index >= 15 is 0 Å². The van der Waals surface area contributed by atoms with E-state index in [0.717, 1.165) is 50.8 Å². The number of carbonyl (C=O) groups excluding carboxylic acids is 3. The smallest absolute Gasteiger partial charge is 0.412 e. The van der Waals surface area contributed by atoms with Gasteiger partial charge in [-0.05, 0) is 190 Å². The summed E-state index contributed by atoms with van der Waals surface area (Å²) in [6.07, 6.45) is 4.26. The first-order valence-corrected chi connectivity index (χ1v) is 32.8. The molecule has 31 heteroatoms. The van der Waals surface area contributed by atoms with E-state index in [4.69, 9.17) is 59.8 Å². The van der Waals surface area contributed by atoms with E-state index < -0.39 is 39.2 Å². The molecule has 10 aromatic rings. The largest absolute Gasteiger partial charge is 0.478 e. The maximum absolute atomic E-state index is 12.3. The monoisotopic (exact) mass is 1490 g/mol. The van der Waals surface area contributed by atoms with Gasteiger partial charge < -0.3 is 61.8 Å². The van der Waals surface area contributed by atoms with E-state index in [9.17, 15) is 44.2 Å². The Balaban J connectivity index is 0.000000233. The molecule has 106 heavy (non-hydrogen) atoms. The third-order valence-corrected chi connectivity index (χ3v) is 14.9. The summed E-state index contributed by atoms with van der Waals surface area (Å²) in [5, 5.41) is 45.9. The van der Waals surface area contributed by atoms with Crippen molar-refractivity contribution >= 4 is 150 Å². The second-order valence-electron chi connectivity index (χ2n) is 25.4. The predicted octanol–water partition coefficient (Wildman–Crippen LogP) is 15.5. The van der Waals surface area contributed by atoms with Crippen molar-refractivity contribution in [1.29, 1.82) is 0 Å². The molecular weight excluding hydrogens is 1400 g/mol. The first kappa shape index (κ1) is 83.8. The van der Waals surface area contributed by atoms with Crippen LogP contribution in [0.2, 0.25) is 10.0 Å². The summed E-state index contributed by atoms with van der Waals surface area (Å²) in [6, 6.07) is 41.3. The number of aliphatic imine (C=N–C) groups is 1. The summed E-state index contributed by atoms with van der Waals surface area (Å²) in [6.45, 7) is 21.9. The standard InChI is InChI=1S/C21H24N4O3.C16H16N4O.C12H16N2O4.C10H9ClN2.C7H6ClNO2.C7H8N2O2.C2H5NO/c1-13-6-7-15(24-20(27)28-21(2,3)4)11-18(13)23-14-8-9-17-16(10-14)19(26)25(5)12-22-17;1-10-3-4-11(17)7-15(10)19-12-5-6-14-13(8-12)16(21)20(2)9-18-14;1-8-5-6-9(7-10(8)14(16)17)13-11(15)18-12(2,3)4;1-7-9-5-8(11)3-4-10(9)12-6-13(7)2;8-4-1-2-6(9)5(3-4)7(10)11;1-5-2-3-6(8)4-7(5)9(10)11;1-3-2-4/h6-12,23H,1-5H3,(H,24,27);3-9,19H,17H2,1-2H3;5-7H,1-4H3,(H,13,15);3-6H,1H2,2H3;1-3H,9H2,(H,10,11);2-4H,8H2,1H3;2H,1H3,(H,3,4). The maximum atomic E-state index is 12.3. The number of rotatable bonds is 10. The lowest BCUT2D eigenvalue weighted by Gasteiger charge is -2.22. The van der Waals surface area contributed by atoms with E-state index in [2.05, 4.69) is 48.1 Å². The van der Waals surface area contributed by atoms with Crippen LogP contribution >= 0.6 is 23.2 Å². The van der Waals surface area contributed by atoms with Crippen molar-refractivity contribution in [2.24, 2.45) is 19.1 Å². The van der Waals surface area contributed by atoms with Crippen LogP contribution < -0.4 is 54.9 Å². The molecule has 0 atom stereocenters. The minimum Gasteiger partial charge on any atom is -0.478 e. The van der Waals surface area contributed by atoms with Crippen molar-refractivity contribution in [2.45, 2.75) is 80.4 Å². The number of nitrogens with two attached hydrogens (primary N) is 3. The molecule has 11 rings (SSSR count). The molecule has 29 nitrogen and oxygen atoms in total. The topological polar surface area (TPSA) is 417 Å². The Morgan fingerprint density at radius 2 is 0.991 bits per heavy atom. The van der Waals surface area contributed by atoms with E-state index in [1.54, 1.807) is 105 Å². The highest BCUT2D eigenvalue weighted by atomic mass is 35.5. The van der Waals surface area contributed by atoms with E-state index in [1.807, 2.05) is 125 Å². The molecule has 1 aliphatic heterocycles. The number of benzene rings is 8. The van der Waals surface area contributed by atoms with E-state index in [-0.39, 0.29) is 33.7 Å². The lowest BCUT2D eigenvalue weighted by atomic mass is 10.1.